The van der Waals surface area contributed by atoms with Gasteiger partial charge in [0, 0.05) is 12.7 Å². The molecule has 0 aliphatic rings. The SMILES string of the molecule is Bc1ccc(OCOC)c(F)c1C=O. The molecular weight excluding hydrogens is 186 g/mol. The van der Waals surface area contributed by atoms with Crippen LogP contribution in [0.3, 0.4) is 0 Å². The quantitative estimate of drug-likeness (QED) is 0.382. The van der Waals surface area contributed by atoms with E-state index in [2.05, 4.69) is 4.74 Å². The van der Waals surface area contributed by atoms with Gasteiger partial charge in [0.05, 0.1) is 0 Å². The Morgan fingerprint density at radius 2 is 2.29 bits per heavy atom. The van der Waals surface area contributed by atoms with Crippen molar-refractivity contribution < 1.29 is 18.7 Å². The van der Waals surface area contributed by atoms with Crippen molar-refractivity contribution in [3.63, 3.8) is 0 Å². The van der Waals surface area contributed by atoms with Crippen LogP contribution in [0.1, 0.15) is 10.4 Å². The minimum absolute atomic E-state index is 0.0265. The fourth-order valence-electron chi connectivity index (χ4n) is 1.05. The predicted molar refractivity (Wildman–Crippen MR) is 52.5 cm³/mol. The molecule has 5 heteroatoms. The molecule has 0 saturated heterocycles. The highest BCUT2D eigenvalue weighted by Crippen LogP contribution is 2.17. The fourth-order valence-corrected chi connectivity index (χ4v) is 1.05. The zero-order valence-corrected chi connectivity index (χ0v) is 8.04. The van der Waals surface area contributed by atoms with Crippen molar-refractivity contribution in [1.82, 2.24) is 0 Å². The zero-order chi connectivity index (χ0) is 10.6. The molecule has 0 unspecified atom stereocenters. The maximum Gasteiger partial charge on any atom is 0.188 e. The normalized spacial score (nSPS) is 9.86. The molecule has 0 aliphatic heterocycles. The van der Waals surface area contributed by atoms with Crippen LogP contribution >= 0.6 is 0 Å². The van der Waals surface area contributed by atoms with Gasteiger partial charge in [0.15, 0.2) is 24.6 Å². The van der Waals surface area contributed by atoms with Gasteiger partial charge in [-0.3, -0.25) is 4.79 Å². The van der Waals surface area contributed by atoms with E-state index in [-0.39, 0.29) is 18.1 Å². The molecule has 0 atom stereocenters. The maximum atomic E-state index is 13.4. The lowest BCUT2D eigenvalue weighted by molar-refractivity contribution is 0.0482. The highest BCUT2D eigenvalue weighted by atomic mass is 19.1. The van der Waals surface area contributed by atoms with Crippen LogP contribution in [-0.2, 0) is 4.74 Å². The molecule has 1 rings (SSSR count). The Hall–Kier alpha value is -1.36. The van der Waals surface area contributed by atoms with Gasteiger partial charge in [0.1, 0.15) is 7.85 Å². The van der Waals surface area contributed by atoms with E-state index < -0.39 is 5.82 Å². The number of ether oxygens (including phenoxy) is 2. The Bertz CT molecular complexity index is 341. The molecule has 3 nitrogen and oxygen atoms in total. The molecule has 1 aromatic rings. The molecule has 0 radical (unpaired) electrons. The molecule has 0 spiro atoms. The van der Waals surface area contributed by atoms with Crippen LogP contribution in [0.25, 0.3) is 0 Å². The molecule has 0 aromatic heterocycles. The van der Waals surface area contributed by atoms with Gasteiger partial charge in [-0.25, -0.2) is 4.39 Å². The lowest BCUT2D eigenvalue weighted by Gasteiger charge is -2.08. The van der Waals surface area contributed by atoms with Crippen molar-refractivity contribution in [2.45, 2.75) is 0 Å². The number of methoxy groups -OCH3 is 1. The van der Waals surface area contributed by atoms with Crippen molar-refractivity contribution in [2.75, 3.05) is 13.9 Å². The van der Waals surface area contributed by atoms with E-state index in [1.807, 2.05) is 0 Å². The molecular formula is C9H10BFO3. The largest absolute Gasteiger partial charge is 0.464 e. The summed E-state index contributed by atoms with van der Waals surface area (Å²) in [6.07, 6.45) is 0.477. The Morgan fingerprint density at radius 3 is 2.86 bits per heavy atom. The first-order chi connectivity index (χ1) is 6.70. The molecule has 74 valence electrons. The molecule has 0 N–H and O–H groups in total. The molecule has 0 heterocycles. The maximum absolute atomic E-state index is 13.4. The minimum Gasteiger partial charge on any atom is -0.464 e. The Labute approximate surface area is 82.2 Å². The summed E-state index contributed by atoms with van der Waals surface area (Å²) in [7, 11) is 3.10. The molecule has 0 bridgehead atoms. The lowest BCUT2D eigenvalue weighted by atomic mass is 9.90. The number of hydrogen-bond acceptors (Lipinski definition) is 3. The summed E-state index contributed by atoms with van der Waals surface area (Å²) in [5.74, 6) is -0.614. The van der Waals surface area contributed by atoms with Crippen molar-refractivity contribution >= 4 is 19.6 Å². The van der Waals surface area contributed by atoms with Gasteiger partial charge in [-0.1, -0.05) is 11.5 Å². The number of carbonyl (C=O) groups excluding carboxylic acids is 1. The highest BCUT2D eigenvalue weighted by molar-refractivity contribution is 6.35. The van der Waals surface area contributed by atoms with E-state index in [1.54, 1.807) is 13.9 Å². The molecule has 1 aromatic carbocycles. The van der Waals surface area contributed by atoms with Gasteiger partial charge in [-0.15, -0.1) is 0 Å². The number of rotatable bonds is 4. The van der Waals surface area contributed by atoms with E-state index >= 15 is 0 Å². The molecule has 0 amide bonds. The lowest BCUT2D eigenvalue weighted by Crippen LogP contribution is -2.13. The predicted octanol–water partition coefficient (Wildman–Crippen LogP) is -0.121. The number of hydrogen-bond donors (Lipinski definition) is 0. The van der Waals surface area contributed by atoms with E-state index in [0.717, 1.165) is 0 Å². The minimum atomic E-state index is -0.642. The third kappa shape index (κ3) is 2.11. The van der Waals surface area contributed by atoms with E-state index in [4.69, 9.17) is 4.74 Å². The highest BCUT2D eigenvalue weighted by Gasteiger charge is 2.10. The first-order valence-corrected chi connectivity index (χ1v) is 4.06. The standard InChI is InChI=1S/C9H10BFO3/c1-13-5-14-8-3-2-7(10)6(4-12)9(8)11/h2-4H,5,10H2,1H3. The summed E-state index contributed by atoms with van der Waals surface area (Å²) in [4.78, 5) is 10.5. The second-order valence-electron chi connectivity index (χ2n) is 2.78. The summed E-state index contributed by atoms with van der Waals surface area (Å²) < 4.78 is 23.0. The van der Waals surface area contributed by atoms with Crippen LogP contribution in [0.15, 0.2) is 12.1 Å². The fraction of sp³-hybridized carbons (Fsp3) is 0.222. The number of carbonyl (C=O) groups is 1. The number of aldehydes is 1. The van der Waals surface area contributed by atoms with Gasteiger partial charge in [0.2, 0.25) is 0 Å². The average molecular weight is 196 g/mol. The van der Waals surface area contributed by atoms with Gasteiger partial charge >= 0.3 is 0 Å². The van der Waals surface area contributed by atoms with Crippen molar-refractivity contribution in [3.8, 4) is 5.75 Å². The first-order valence-electron chi connectivity index (χ1n) is 4.06. The van der Waals surface area contributed by atoms with Crippen LogP contribution in [0.2, 0.25) is 0 Å². The van der Waals surface area contributed by atoms with Crippen molar-refractivity contribution in [2.24, 2.45) is 0 Å². The second-order valence-corrected chi connectivity index (χ2v) is 2.78. The monoisotopic (exact) mass is 196 g/mol. The average Bonchev–Trinajstić information content (AvgIpc) is 2.18. The molecule has 0 fully saturated rings. The summed E-state index contributed by atoms with van der Waals surface area (Å²) in [5, 5.41) is 0. The Balaban J connectivity index is 3.02. The van der Waals surface area contributed by atoms with Crippen LogP contribution in [0, 0.1) is 5.82 Å². The molecule has 14 heavy (non-hydrogen) atoms. The number of benzene rings is 1. The third-order valence-electron chi connectivity index (χ3n) is 1.81. The first kappa shape index (κ1) is 10.7. The van der Waals surface area contributed by atoms with E-state index in [1.165, 1.54) is 13.2 Å². The van der Waals surface area contributed by atoms with E-state index in [9.17, 15) is 9.18 Å². The zero-order valence-electron chi connectivity index (χ0n) is 8.04. The Morgan fingerprint density at radius 1 is 1.57 bits per heavy atom. The van der Waals surface area contributed by atoms with E-state index in [0.29, 0.717) is 11.7 Å². The summed E-state index contributed by atoms with van der Waals surface area (Å²) >= 11 is 0. The summed E-state index contributed by atoms with van der Waals surface area (Å²) in [5.41, 5.74) is 0.612. The second kappa shape index (κ2) is 4.76. The van der Waals surface area contributed by atoms with Gasteiger partial charge in [-0.05, 0) is 6.07 Å². The molecule has 0 saturated carbocycles. The van der Waals surface area contributed by atoms with Gasteiger partial charge in [0.25, 0.3) is 0 Å². The van der Waals surface area contributed by atoms with Crippen LogP contribution in [0.5, 0.6) is 5.75 Å². The topological polar surface area (TPSA) is 35.5 Å². The number of halogens is 1. The summed E-state index contributed by atoms with van der Waals surface area (Å²) in [6, 6.07) is 3.09. The smallest absolute Gasteiger partial charge is 0.188 e. The third-order valence-corrected chi connectivity index (χ3v) is 1.81. The van der Waals surface area contributed by atoms with Crippen LogP contribution in [-0.4, -0.2) is 28.0 Å². The summed E-state index contributed by atoms with van der Waals surface area (Å²) in [6.45, 7) is -0.0434. The van der Waals surface area contributed by atoms with Crippen LogP contribution in [0.4, 0.5) is 4.39 Å². The van der Waals surface area contributed by atoms with Crippen molar-refractivity contribution in [1.29, 1.82) is 0 Å². The van der Waals surface area contributed by atoms with Crippen molar-refractivity contribution in [3.05, 3.63) is 23.5 Å². The Kier molecular flexibility index (Phi) is 3.65. The van der Waals surface area contributed by atoms with Crippen LogP contribution < -0.4 is 10.2 Å². The van der Waals surface area contributed by atoms with Gasteiger partial charge in [-0.2, -0.15) is 0 Å². The molecule has 0 aliphatic carbocycles. The van der Waals surface area contributed by atoms with Gasteiger partial charge < -0.3 is 9.47 Å².